The summed E-state index contributed by atoms with van der Waals surface area (Å²) in [6, 6.07) is 0.588. The largest absolute Gasteiger partial charge is 0.395 e. The van der Waals surface area contributed by atoms with Crippen molar-refractivity contribution < 1.29 is 10.2 Å². The maximum absolute atomic E-state index is 9.36. The Hall–Kier alpha value is -0.120. The van der Waals surface area contributed by atoms with Crippen molar-refractivity contribution in [1.82, 2.24) is 4.90 Å². The summed E-state index contributed by atoms with van der Waals surface area (Å²) in [7, 11) is 0. The van der Waals surface area contributed by atoms with Crippen LogP contribution in [0.2, 0.25) is 0 Å². The van der Waals surface area contributed by atoms with E-state index in [9.17, 15) is 5.11 Å². The molecule has 0 aromatic heterocycles. The molecule has 0 spiro atoms. The van der Waals surface area contributed by atoms with Gasteiger partial charge in [0.25, 0.3) is 0 Å². The molecular formula is C11H23NO2. The molecule has 1 aliphatic rings. The predicted octanol–water partition coefficient (Wildman–Crippen LogP) is 0.994. The molecule has 3 heteroatoms. The molecule has 0 aliphatic heterocycles. The highest BCUT2D eigenvalue weighted by molar-refractivity contribution is 4.76. The molecule has 1 saturated carbocycles. The SMILES string of the molecule is C[C@@H](O)CN(CCO)C1CCCCC1. The molecule has 3 nitrogen and oxygen atoms in total. The number of aliphatic hydroxyl groups is 2. The Morgan fingerprint density at radius 2 is 1.93 bits per heavy atom. The minimum Gasteiger partial charge on any atom is -0.395 e. The van der Waals surface area contributed by atoms with Gasteiger partial charge in [-0.1, -0.05) is 19.3 Å². The van der Waals surface area contributed by atoms with Crippen molar-refractivity contribution in [2.75, 3.05) is 19.7 Å². The van der Waals surface area contributed by atoms with Crippen LogP contribution in [0.5, 0.6) is 0 Å². The summed E-state index contributed by atoms with van der Waals surface area (Å²) >= 11 is 0. The van der Waals surface area contributed by atoms with Gasteiger partial charge >= 0.3 is 0 Å². The third-order valence-corrected chi connectivity index (χ3v) is 2.98. The Labute approximate surface area is 86.7 Å². The summed E-state index contributed by atoms with van der Waals surface area (Å²) in [6.45, 7) is 3.41. The first-order valence-electron chi connectivity index (χ1n) is 5.77. The van der Waals surface area contributed by atoms with Crippen LogP contribution in [-0.2, 0) is 0 Å². The molecule has 14 heavy (non-hydrogen) atoms. The lowest BCUT2D eigenvalue weighted by Crippen LogP contribution is -2.42. The lowest BCUT2D eigenvalue weighted by molar-refractivity contribution is 0.0683. The zero-order valence-electron chi connectivity index (χ0n) is 9.15. The van der Waals surface area contributed by atoms with E-state index in [1.807, 2.05) is 6.92 Å². The minimum absolute atomic E-state index is 0.198. The van der Waals surface area contributed by atoms with E-state index in [0.717, 1.165) is 0 Å². The normalized spacial score (nSPS) is 21.4. The zero-order chi connectivity index (χ0) is 10.4. The molecule has 1 fully saturated rings. The summed E-state index contributed by atoms with van der Waals surface area (Å²) in [6.07, 6.45) is 6.11. The van der Waals surface area contributed by atoms with Crippen LogP contribution in [0.4, 0.5) is 0 Å². The first kappa shape index (κ1) is 12.0. The summed E-state index contributed by atoms with van der Waals surface area (Å²) in [5.74, 6) is 0. The Morgan fingerprint density at radius 1 is 1.29 bits per heavy atom. The quantitative estimate of drug-likeness (QED) is 0.697. The summed E-state index contributed by atoms with van der Waals surface area (Å²) in [5.41, 5.74) is 0. The van der Waals surface area contributed by atoms with E-state index in [-0.39, 0.29) is 12.7 Å². The minimum atomic E-state index is -0.288. The van der Waals surface area contributed by atoms with Crippen LogP contribution in [0.25, 0.3) is 0 Å². The van der Waals surface area contributed by atoms with Gasteiger partial charge in [-0.2, -0.15) is 0 Å². The number of rotatable bonds is 5. The lowest BCUT2D eigenvalue weighted by Gasteiger charge is -2.34. The van der Waals surface area contributed by atoms with E-state index < -0.39 is 0 Å². The van der Waals surface area contributed by atoms with E-state index in [2.05, 4.69) is 4.90 Å². The molecule has 1 aliphatic carbocycles. The topological polar surface area (TPSA) is 43.7 Å². The van der Waals surface area contributed by atoms with Gasteiger partial charge in [0.1, 0.15) is 0 Å². The highest BCUT2D eigenvalue weighted by atomic mass is 16.3. The van der Waals surface area contributed by atoms with Gasteiger partial charge in [-0.3, -0.25) is 4.90 Å². The summed E-state index contributed by atoms with van der Waals surface area (Å²) < 4.78 is 0. The van der Waals surface area contributed by atoms with Crippen LogP contribution < -0.4 is 0 Å². The number of hydrogen-bond donors (Lipinski definition) is 2. The van der Waals surface area contributed by atoms with Crippen LogP contribution in [0, 0.1) is 0 Å². The number of hydrogen-bond acceptors (Lipinski definition) is 3. The van der Waals surface area contributed by atoms with Gasteiger partial charge in [0.05, 0.1) is 12.7 Å². The summed E-state index contributed by atoms with van der Waals surface area (Å²) in [5, 5.41) is 18.3. The first-order valence-corrected chi connectivity index (χ1v) is 5.77. The average molecular weight is 201 g/mol. The average Bonchev–Trinajstić information content (AvgIpc) is 2.18. The fraction of sp³-hybridized carbons (Fsp3) is 1.00. The smallest absolute Gasteiger partial charge is 0.0639 e. The Kier molecular flexibility index (Phi) is 5.45. The van der Waals surface area contributed by atoms with Gasteiger partial charge in [0, 0.05) is 19.1 Å². The predicted molar refractivity (Wildman–Crippen MR) is 57.2 cm³/mol. The van der Waals surface area contributed by atoms with Crippen molar-refractivity contribution in [2.45, 2.75) is 51.2 Å². The number of aliphatic hydroxyl groups excluding tert-OH is 2. The van der Waals surface area contributed by atoms with Gasteiger partial charge < -0.3 is 10.2 Å². The lowest BCUT2D eigenvalue weighted by atomic mass is 9.94. The third kappa shape index (κ3) is 3.95. The Balaban J connectivity index is 2.38. The van der Waals surface area contributed by atoms with Gasteiger partial charge in [0.2, 0.25) is 0 Å². The standard InChI is InChI=1S/C11H23NO2/c1-10(14)9-12(7-8-13)11-5-3-2-4-6-11/h10-11,13-14H,2-9H2,1H3/t10-/m1/s1. The zero-order valence-corrected chi connectivity index (χ0v) is 9.15. The molecule has 0 amide bonds. The second-order valence-corrected chi connectivity index (χ2v) is 4.36. The van der Waals surface area contributed by atoms with Crippen LogP contribution in [0.15, 0.2) is 0 Å². The molecular weight excluding hydrogens is 178 g/mol. The molecule has 0 bridgehead atoms. The molecule has 0 saturated heterocycles. The molecule has 0 aromatic carbocycles. The van der Waals surface area contributed by atoms with Crippen LogP contribution in [-0.4, -0.2) is 47.0 Å². The van der Waals surface area contributed by atoms with E-state index in [4.69, 9.17) is 5.11 Å². The Bertz CT molecular complexity index is 144. The maximum atomic E-state index is 9.36. The fourth-order valence-corrected chi connectivity index (χ4v) is 2.34. The third-order valence-electron chi connectivity index (χ3n) is 2.98. The second kappa shape index (κ2) is 6.38. The molecule has 84 valence electrons. The van der Waals surface area contributed by atoms with Crippen molar-refractivity contribution in [3.05, 3.63) is 0 Å². The van der Waals surface area contributed by atoms with Crippen molar-refractivity contribution in [3.8, 4) is 0 Å². The van der Waals surface area contributed by atoms with Gasteiger partial charge in [-0.05, 0) is 19.8 Å². The van der Waals surface area contributed by atoms with Gasteiger partial charge in [-0.25, -0.2) is 0 Å². The van der Waals surface area contributed by atoms with Gasteiger partial charge in [-0.15, -0.1) is 0 Å². The van der Waals surface area contributed by atoms with Crippen molar-refractivity contribution in [1.29, 1.82) is 0 Å². The molecule has 0 unspecified atom stereocenters. The van der Waals surface area contributed by atoms with Crippen LogP contribution in [0.3, 0.4) is 0 Å². The maximum Gasteiger partial charge on any atom is 0.0639 e. The van der Waals surface area contributed by atoms with Crippen molar-refractivity contribution in [2.24, 2.45) is 0 Å². The summed E-state index contributed by atoms with van der Waals surface area (Å²) in [4.78, 5) is 2.24. The molecule has 1 atom stereocenters. The molecule has 0 heterocycles. The first-order chi connectivity index (χ1) is 6.74. The highest BCUT2D eigenvalue weighted by Gasteiger charge is 2.21. The molecule has 2 N–H and O–H groups in total. The van der Waals surface area contributed by atoms with E-state index in [0.29, 0.717) is 19.1 Å². The van der Waals surface area contributed by atoms with Crippen molar-refractivity contribution >= 4 is 0 Å². The van der Waals surface area contributed by atoms with E-state index in [1.54, 1.807) is 0 Å². The van der Waals surface area contributed by atoms with Gasteiger partial charge in [0.15, 0.2) is 0 Å². The highest BCUT2D eigenvalue weighted by Crippen LogP contribution is 2.22. The molecule has 1 rings (SSSR count). The molecule has 0 aromatic rings. The van der Waals surface area contributed by atoms with Crippen molar-refractivity contribution in [3.63, 3.8) is 0 Å². The van der Waals surface area contributed by atoms with Crippen LogP contribution >= 0.6 is 0 Å². The second-order valence-electron chi connectivity index (χ2n) is 4.36. The number of nitrogens with zero attached hydrogens (tertiary/aromatic N) is 1. The monoisotopic (exact) mass is 201 g/mol. The Morgan fingerprint density at radius 3 is 2.43 bits per heavy atom. The van der Waals surface area contributed by atoms with Crippen LogP contribution in [0.1, 0.15) is 39.0 Å². The van der Waals surface area contributed by atoms with E-state index in [1.165, 1.54) is 32.1 Å². The molecule has 0 radical (unpaired) electrons. The van der Waals surface area contributed by atoms with E-state index >= 15 is 0 Å². The fourth-order valence-electron chi connectivity index (χ4n) is 2.34.